The van der Waals surface area contributed by atoms with E-state index in [0.717, 1.165) is 103 Å². The van der Waals surface area contributed by atoms with Gasteiger partial charge in [0.2, 0.25) is 0 Å². The van der Waals surface area contributed by atoms with E-state index in [2.05, 4.69) is 98.9 Å². The maximum absolute atomic E-state index is 12.3. The number of aliphatic hydroxyl groups is 1. The summed E-state index contributed by atoms with van der Waals surface area (Å²) in [7, 11) is 0. The number of esters is 2. The molecule has 0 amide bonds. The minimum absolute atomic E-state index is 0.0755. The lowest BCUT2D eigenvalue weighted by molar-refractivity contribution is -0.161. The summed E-state index contributed by atoms with van der Waals surface area (Å²) in [6.45, 7) is 4.03. The molecule has 0 saturated carbocycles. The molecule has 0 radical (unpaired) electrons. The minimum atomic E-state index is -0.786. The highest BCUT2D eigenvalue weighted by atomic mass is 16.6. The summed E-state index contributed by atoms with van der Waals surface area (Å²) in [6.07, 6.45) is 72.5. The predicted octanol–water partition coefficient (Wildman–Crippen LogP) is 17.4. The fourth-order valence-corrected chi connectivity index (χ4v) is 7.30. The van der Waals surface area contributed by atoms with Crippen molar-refractivity contribution in [3.63, 3.8) is 0 Å². The van der Waals surface area contributed by atoms with E-state index in [1.165, 1.54) is 116 Å². The minimum Gasteiger partial charge on any atom is -0.462 e. The number of hydrogen-bond donors (Lipinski definition) is 1. The van der Waals surface area contributed by atoms with Gasteiger partial charge in [-0.1, -0.05) is 247 Å². The van der Waals surface area contributed by atoms with Crippen LogP contribution in [0.3, 0.4) is 0 Å². The number of rotatable bonds is 47. The van der Waals surface area contributed by atoms with Gasteiger partial charge in [0, 0.05) is 12.8 Å². The molecular weight excluding hydrogens is 765 g/mol. The molecule has 0 spiro atoms. The fourth-order valence-electron chi connectivity index (χ4n) is 7.30. The van der Waals surface area contributed by atoms with Gasteiger partial charge < -0.3 is 14.6 Å². The van der Waals surface area contributed by atoms with Gasteiger partial charge in [0.1, 0.15) is 6.61 Å². The maximum atomic E-state index is 12.3. The Labute approximate surface area is 384 Å². The average molecular weight is 863 g/mol. The van der Waals surface area contributed by atoms with Gasteiger partial charge in [0.15, 0.2) is 6.10 Å². The average Bonchev–Trinajstić information content (AvgIpc) is 3.28. The number of allylic oxidation sites excluding steroid dienone is 14. The Hall–Kier alpha value is -2.92. The number of hydrogen-bond acceptors (Lipinski definition) is 5. The zero-order chi connectivity index (χ0) is 44.9. The molecule has 0 rings (SSSR count). The summed E-state index contributed by atoms with van der Waals surface area (Å²) >= 11 is 0. The van der Waals surface area contributed by atoms with E-state index in [9.17, 15) is 14.7 Å². The van der Waals surface area contributed by atoms with Crippen molar-refractivity contribution in [3.8, 4) is 0 Å². The van der Waals surface area contributed by atoms with Crippen molar-refractivity contribution in [3.05, 3.63) is 85.1 Å². The quantitative estimate of drug-likeness (QED) is 0.0375. The van der Waals surface area contributed by atoms with Crippen LogP contribution in [0.25, 0.3) is 0 Å². The number of carbonyl (C=O) groups is 2. The second-order valence-electron chi connectivity index (χ2n) is 17.2. The van der Waals surface area contributed by atoms with Crippen LogP contribution in [-0.4, -0.2) is 36.4 Å². The topological polar surface area (TPSA) is 72.8 Å². The smallest absolute Gasteiger partial charge is 0.306 e. The first-order valence-electron chi connectivity index (χ1n) is 26.1. The molecule has 0 fully saturated rings. The molecule has 0 heterocycles. The number of unbranched alkanes of at least 4 members (excludes halogenated alkanes) is 25. The van der Waals surface area contributed by atoms with Crippen LogP contribution < -0.4 is 0 Å². The second-order valence-corrected chi connectivity index (χ2v) is 17.2. The molecule has 5 heteroatoms. The SMILES string of the molecule is CC/C=C\C/C=C\C/C=C\C/C=C\C/C=C\C/C=C\C/C=C\CCCCCCCC(=O)OC(CO)COC(=O)CCCCCCCCCCCCCCCCCCCCCCC. The van der Waals surface area contributed by atoms with Crippen molar-refractivity contribution in [1.82, 2.24) is 0 Å². The van der Waals surface area contributed by atoms with E-state index < -0.39 is 6.10 Å². The van der Waals surface area contributed by atoms with Crippen LogP contribution in [0.2, 0.25) is 0 Å². The van der Waals surface area contributed by atoms with Crippen LogP contribution in [-0.2, 0) is 19.1 Å². The highest BCUT2D eigenvalue weighted by molar-refractivity contribution is 5.70. The van der Waals surface area contributed by atoms with Gasteiger partial charge in [0.25, 0.3) is 0 Å². The molecule has 1 unspecified atom stereocenters. The van der Waals surface area contributed by atoms with Crippen LogP contribution in [0.1, 0.15) is 245 Å². The van der Waals surface area contributed by atoms with Gasteiger partial charge in [-0.3, -0.25) is 9.59 Å². The van der Waals surface area contributed by atoms with E-state index in [0.29, 0.717) is 12.8 Å². The molecule has 0 aromatic carbocycles. The van der Waals surface area contributed by atoms with E-state index in [4.69, 9.17) is 9.47 Å². The molecule has 0 saturated heterocycles. The first-order valence-corrected chi connectivity index (χ1v) is 26.1. The van der Waals surface area contributed by atoms with Crippen molar-refractivity contribution in [1.29, 1.82) is 0 Å². The zero-order valence-electron chi connectivity index (χ0n) is 40.6. The second kappa shape index (κ2) is 52.4. The van der Waals surface area contributed by atoms with Crippen molar-refractivity contribution in [2.75, 3.05) is 13.2 Å². The van der Waals surface area contributed by atoms with Crippen LogP contribution in [0.5, 0.6) is 0 Å². The third-order valence-corrected chi connectivity index (χ3v) is 11.2. The Morgan fingerprint density at radius 1 is 0.387 bits per heavy atom. The third kappa shape index (κ3) is 49.7. The predicted molar refractivity (Wildman–Crippen MR) is 269 cm³/mol. The Morgan fingerprint density at radius 3 is 1.05 bits per heavy atom. The normalized spacial score (nSPS) is 12.9. The largest absolute Gasteiger partial charge is 0.462 e. The molecule has 1 atom stereocenters. The molecule has 5 nitrogen and oxygen atoms in total. The summed E-state index contributed by atoms with van der Waals surface area (Å²) in [5.74, 6) is -0.609. The van der Waals surface area contributed by atoms with Crippen molar-refractivity contribution in [2.45, 2.75) is 251 Å². The molecule has 0 aliphatic rings. The molecule has 0 aromatic heterocycles. The maximum Gasteiger partial charge on any atom is 0.306 e. The van der Waals surface area contributed by atoms with Crippen LogP contribution in [0, 0.1) is 0 Å². The van der Waals surface area contributed by atoms with Gasteiger partial charge >= 0.3 is 11.9 Å². The Bertz CT molecular complexity index is 1160. The number of aliphatic hydroxyl groups excluding tert-OH is 1. The third-order valence-electron chi connectivity index (χ3n) is 11.2. The molecule has 0 aliphatic carbocycles. The van der Waals surface area contributed by atoms with Crippen molar-refractivity contribution in [2.24, 2.45) is 0 Å². The number of ether oxygens (including phenoxy) is 2. The van der Waals surface area contributed by atoms with Crippen molar-refractivity contribution < 1.29 is 24.2 Å². The lowest BCUT2D eigenvalue weighted by Gasteiger charge is -2.15. The Balaban J connectivity index is 3.58. The molecule has 356 valence electrons. The first-order chi connectivity index (χ1) is 30.6. The first kappa shape index (κ1) is 59.1. The molecule has 0 aromatic rings. The Morgan fingerprint density at radius 2 is 0.694 bits per heavy atom. The van der Waals surface area contributed by atoms with Crippen molar-refractivity contribution >= 4 is 11.9 Å². The molecule has 62 heavy (non-hydrogen) atoms. The molecular formula is C57H98O5. The van der Waals surface area contributed by atoms with E-state index in [1.54, 1.807) is 0 Å². The number of carbonyl (C=O) groups excluding carboxylic acids is 2. The Kier molecular flexibility index (Phi) is 50.0. The van der Waals surface area contributed by atoms with E-state index in [1.807, 2.05) is 0 Å². The lowest BCUT2D eigenvalue weighted by Crippen LogP contribution is -2.28. The van der Waals surface area contributed by atoms with Gasteiger partial charge in [-0.2, -0.15) is 0 Å². The van der Waals surface area contributed by atoms with Crippen LogP contribution >= 0.6 is 0 Å². The van der Waals surface area contributed by atoms with Gasteiger partial charge in [-0.05, 0) is 70.6 Å². The summed E-state index contributed by atoms with van der Waals surface area (Å²) < 4.78 is 10.7. The monoisotopic (exact) mass is 863 g/mol. The standard InChI is InChI=1S/C57H98O5/c1-3-5-7-9-11-13-15-17-19-21-23-25-26-27-28-29-30-32-34-36-38-40-42-44-46-48-50-52-57(60)62-55(53-58)54-61-56(59)51-49-47-45-43-41-39-37-35-33-31-24-22-20-18-16-14-12-10-8-6-4-2/h5,7,11,13,17,19,23,25,27-28,30,32,36,38,55,58H,3-4,6,8-10,12,14-16,18,20-22,24,26,29,31,33-35,37,39-54H2,1-2H3/b7-5-,13-11-,19-17-,25-23-,28-27-,32-30-,38-36-. The summed E-state index contributed by atoms with van der Waals surface area (Å²) in [6, 6.07) is 0. The molecule has 1 N–H and O–H groups in total. The highest BCUT2D eigenvalue weighted by Crippen LogP contribution is 2.16. The summed E-state index contributed by atoms with van der Waals surface area (Å²) in [4.78, 5) is 24.5. The zero-order valence-corrected chi connectivity index (χ0v) is 40.6. The fraction of sp³-hybridized carbons (Fsp3) is 0.719. The van der Waals surface area contributed by atoms with Gasteiger partial charge in [0.05, 0.1) is 6.61 Å². The van der Waals surface area contributed by atoms with E-state index >= 15 is 0 Å². The molecule has 0 bridgehead atoms. The summed E-state index contributed by atoms with van der Waals surface area (Å²) in [5.41, 5.74) is 0. The van der Waals surface area contributed by atoms with Crippen LogP contribution in [0.4, 0.5) is 0 Å². The summed E-state index contributed by atoms with van der Waals surface area (Å²) in [5, 5.41) is 9.63. The van der Waals surface area contributed by atoms with Crippen LogP contribution in [0.15, 0.2) is 85.1 Å². The van der Waals surface area contributed by atoms with Gasteiger partial charge in [-0.15, -0.1) is 0 Å². The highest BCUT2D eigenvalue weighted by Gasteiger charge is 2.16. The van der Waals surface area contributed by atoms with E-state index in [-0.39, 0.29) is 25.2 Å². The lowest BCUT2D eigenvalue weighted by atomic mass is 10.0. The van der Waals surface area contributed by atoms with Gasteiger partial charge in [-0.25, -0.2) is 0 Å². The molecule has 0 aliphatic heterocycles.